The van der Waals surface area contributed by atoms with E-state index in [1.807, 2.05) is 18.2 Å². The maximum Gasteiger partial charge on any atom is 0.425 e. The van der Waals surface area contributed by atoms with Gasteiger partial charge in [-0.05, 0) is 54.7 Å². The highest BCUT2D eigenvalue weighted by Crippen LogP contribution is 2.37. The second-order valence-corrected chi connectivity index (χ2v) is 8.91. The minimum atomic E-state index is -4.89. The summed E-state index contributed by atoms with van der Waals surface area (Å²) < 4.78 is 46.1. The zero-order valence-corrected chi connectivity index (χ0v) is 19.4. The van der Waals surface area contributed by atoms with Crippen LogP contribution in [0.3, 0.4) is 0 Å². The third-order valence-electron chi connectivity index (χ3n) is 5.99. The number of carbonyl (C=O) groups is 3. The van der Waals surface area contributed by atoms with Gasteiger partial charge in [0.2, 0.25) is 5.91 Å². The quantitative estimate of drug-likeness (QED) is 0.598. The summed E-state index contributed by atoms with van der Waals surface area (Å²) in [6, 6.07) is 5.85. The van der Waals surface area contributed by atoms with Crippen LogP contribution in [-0.2, 0) is 22.4 Å². The Labute approximate surface area is 204 Å². The van der Waals surface area contributed by atoms with E-state index >= 15 is 0 Å². The maximum absolute atomic E-state index is 13.9. The molecule has 0 spiro atoms. The summed E-state index contributed by atoms with van der Waals surface area (Å²) in [6.45, 7) is 0.0481. The minimum absolute atomic E-state index is 0.0338. The Hall–Kier alpha value is -3.34. The predicted molar refractivity (Wildman–Crippen MR) is 120 cm³/mol. The number of ether oxygens (including phenoxy) is 1. The normalized spacial score (nSPS) is 18.3. The monoisotopic (exact) mass is 510 g/mol. The van der Waals surface area contributed by atoms with Gasteiger partial charge in [0.05, 0.1) is 17.6 Å². The number of nitrogens with one attached hydrogen (secondary N) is 1. The lowest BCUT2D eigenvalue weighted by molar-refractivity contribution is -0.178. The van der Waals surface area contributed by atoms with E-state index in [9.17, 15) is 27.6 Å². The molecular formula is C23H22ClF3N4O4. The highest BCUT2D eigenvalue weighted by molar-refractivity contribution is 6.30. The summed E-state index contributed by atoms with van der Waals surface area (Å²) in [6.07, 6.45) is -4.51. The number of likely N-dealkylation sites (tertiary alicyclic amines) is 1. The summed E-state index contributed by atoms with van der Waals surface area (Å²) in [5.74, 6) is -0.545. The Bertz CT molecular complexity index is 1140. The second kappa shape index (κ2) is 9.73. The van der Waals surface area contributed by atoms with Crippen molar-refractivity contribution in [1.82, 2.24) is 14.8 Å². The third kappa shape index (κ3) is 5.50. The Balaban J connectivity index is 1.43. The molecule has 12 heteroatoms. The van der Waals surface area contributed by atoms with Crippen LogP contribution in [0.25, 0.3) is 0 Å². The molecule has 3 amide bonds. The first-order valence-corrected chi connectivity index (χ1v) is 11.3. The Morgan fingerprint density at radius 1 is 1.23 bits per heavy atom. The van der Waals surface area contributed by atoms with Gasteiger partial charge in [0.25, 0.3) is 0 Å². The number of hydrogen-bond donors (Lipinski definition) is 1. The lowest BCUT2D eigenvalue weighted by Crippen LogP contribution is -2.43. The standard InChI is InChI=1S/C23H22ClF3N4O4/c1-30(21(33)35-22(34)31-8-2-3-19(31)32)20(23(25,26)27)18-7-6-16(12-28-18)29-17-10-13-4-5-15(24)9-14(13)11-17/h4-7,9,12,17,20,29H,2-3,8,10-11H2,1H3/t17-,20-/m0/s1. The van der Waals surface area contributed by atoms with Crippen molar-refractivity contribution in [3.05, 3.63) is 58.4 Å². The number of aromatic nitrogens is 1. The highest BCUT2D eigenvalue weighted by Gasteiger charge is 2.47. The lowest BCUT2D eigenvalue weighted by atomic mass is 10.1. The number of imide groups is 1. The highest BCUT2D eigenvalue weighted by atomic mass is 35.5. The second-order valence-electron chi connectivity index (χ2n) is 8.47. The number of pyridine rings is 1. The van der Waals surface area contributed by atoms with Crippen LogP contribution in [-0.4, -0.2) is 58.7 Å². The number of amides is 3. The average molecular weight is 511 g/mol. The molecule has 1 aliphatic heterocycles. The van der Waals surface area contributed by atoms with E-state index in [0.29, 0.717) is 28.5 Å². The number of anilines is 1. The Morgan fingerprint density at radius 2 is 1.97 bits per heavy atom. The molecule has 1 N–H and O–H groups in total. The van der Waals surface area contributed by atoms with Crippen molar-refractivity contribution >= 4 is 35.4 Å². The Morgan fingerprint density at radius 3 is 2.60 bits per heavy atom. The molecule has 186 valence electrons. The van der Waals surface area contributed by atoms with Gasteiger partial charge in [0, 0.05) is 31.1 Å². The van der Waals surface area contributed by atoms with Crippen LogP contribution in [0.5, 0.6) is 0 Å². The summed E-state index contributed by atoms with van der Waals surface area (Å²) in [4.78, 5) is 40.8. The minimum Gasteiger partial charge on any atom is -0.380 e. The molecule has 1 aromatic heterocycles. The smallest absolute Gasteiger partial charge is 0.380 e. The summed E-state index contributed by atoms with van der Waals surface area (Å²) >= 11 is 6.03. The first kappa shape index (κ1) is 24.8. The molecule has 1 fully saturated rings. The van der Waals surface area contributed by atoms with Gasteiger partial charge in [-0.15, -0.1) is 0 Å². The molecule has 4 rings (SSSR count). The molecule has 1 saturated heterocycles. The van der Waals surface area contributed by atoms with E-state index in [1.54, 1.807) is 0 Å². The molecular weight excluding hydrogens is 489 g/mol. The molecule has 0 unspecified atom stereocenters. The van der Waals surface area contributed by atoms with Crippen LogP contribution in [0.1, 0.15) is 35.7 Å². The van der Waals surface area contributed by atoms with Gasteiger partial charge < -0.3 is 10.1 Å². The van der Waals surface area contributed by atoms with Crippen LogP contribution in [0, 0.1) is 0 Å². The average Bonchev–Trinajstić information content (AvgIpc) is 3.39. The van der Waals surface area contributed by atoms with Crippen LogP contribution in [0.15, 0.2) is 36.5 Å². The van der Waals surface area contributed by atoms with E-state index in [2.05, 4.69) is 15.0 Å². The summed E-state index contributed by atoms with van der Waals surface area (Å²) in [5, 5.41) is 3.89. The number of hydrogen-bond acceptors (Lipinski definition) is 6. The summed E-state index contributed by atoms with van der Waals surface area (Å²) in [7, 11) is 0.855. The third-order valence-corrected chi connectivity index (χ3v) is 6.23. The zero-order chi connectivity index (χ0) is 25.3. The van der Waals surface area contributed by atoms with Crippen molar-refractivity contribution in [1.29, 1.82) is 0 Å². The fourth-order valence-corrected chi connectivity index (χ4v) is 4.51. The van der Waals surface area contributed by atoms with Crippen molar-refractivity contribution in [2.45, 2.75) is 43.9 Å². The van der Waals surface area contributed by atoms with Gasteiger partial charge in [-0.25, -0.2) is 14.5 Å². The van der Waals surface area contributed by atoms with Crippen LogP contribution in [0.4, 0.5) is 28.4 Å². The summed E-state index contributed by atoms with van der Waals surface area (Å²) in [5.41, 5.74) is 2.33. The maximum atomic E-state index is 13.9. The molecule has 8 nitrogen and oxygen atoms in total. The van der Waals surface area contributed by atoms with Crippen LogP contribution >= 0.6 is 11.6 Å². The number of fused-ring (bicyclic) bond motifs is 1. The molecule has 35 heavy (non-hydrogen) atoms. The van der Waals surface area contributed by atoms with Crippen LogP contribution < -0.4 is 5.32 Å². The van der Waals surface area contributed by atoms with E-state index in [4.69, 9.17) is 11.6 Å². The fraction of sp³-hybridized carbons (Fsp3) is 0.391. The predicted octanol–water partition coefficient (Wildman–Crippen LogP) is 4.73. The number of nitrogens with zero attached hydrogens (tertiary/aromatic N) is 3. The van der Waals surface area contributed by atoms with Crippen LogP contribution in [0.2, 0.25) is 5.02 Å². The van der Waals surface area contributed by atoms with E-state index in [-0.39, 0.29) is 23.9 Å². The van der Waals surface area contributed by atoms with Crippen molar-refractivity contribution in [2.75, 3.05) is 18.9 Å². The van der Waals surface area contributed by atoms with E-state index < -0.39 is 36.0 Å². The van der Waals surface area contributed by atoms with E-state index in [1.165, 1.54) is 12.3 Å². The van der Waals surface area contributed by atoms with Gasteiger partial charge in [0.15, 0.2) is 6.04 Å². The van der Waals surface area contributed by atoms with Crippen molar-refractivity contribution in [3.8, 4) is 0 Å². The van der Waals surface area contributed by atoms with Crippen molar-refractivity contribution < 1.29 is 32.3 Å². The van der Waals surface area contributed by atoms with Gasteiger partial charge in [-0.3, -0.25) is 14.7 Å². The molecule has 0 bridgehead atoms. The number of benzene rings is 1. The number of rotatable bonds is 4. The molecule has 2 aromatic rings. The molecule has 2 aliphatic rings. The largest absolute Gasteiger partial charge is 0.425 e. The van der Waals surface area contributed by atoms with Crippen molar-refractivity contribution in [3.63, 3.8) is 0 Å². The van der Waals surface area contributed by atoms with E-state index in [0.717, 1.165) is 30.7 Å². The lowest BCUT2D eigenvalue weighted by Gasteiger charge is -2.29. The molecule has 2 heterocycles. The zero-order valence-electron chi connectivity index (χ0n) is 18.6. The number of alkyl halides is 3. The first-order chi connectivity index (χ1) is 16.5. The van der Waals surface area contributed by atoms with Gasteiger partial charge >= 0.3 is 18.4 Å². The molecule has 1 aromatic carbocycles. The molecule has 2 atom stereocenters. The topological polar surface area (TPSA) is 91.8 Å². The number of halogens is 4. The van der Waals surface area contributed by atoms with Gasteiger partial charge in [-0.1, -0.05) is 17.7 Å². The van der Waals surface area contributed by atoms with Gasteiger partial charge in [0.1, 0.15) is 0 Å². The SMILES string of the molecule is CN(C(=O)OC(=O)N1CCCC1=O)[C@@H](c1ccc(N[C@H]2Cc3ccc(Cl)cc3C2)cn1)C(F)(F)F. The van der Waals surface area contributed by atoms with Gasteiger partial charge in [-0.2, -0.15) is 13.2 Å². The molecule has 1 aliphatic carbocycles. The molecule has 0 radical (unpaired) electrons. The van der Waals surface area contributed by atoms with Crippen molar-refractivity contribution in [2.24, 2.45) is 0 Å². The fourth-order valence-electron chi connectivity index (χ4n) is 4.31. The first-order valence-electron chi connectivity index (χ1n) is 10.9. The number of carbonyl (C=O) groups excluding carboxylic acids is 3. The molecule has 0 saturated carbocycles. The Kier molecular flexibility index (Phi) is 6.88.